The number of rotatable bonds is 8. The Balaban J connectivity index is 1.49. The van der Waals surface area contributed by atoms with Gasteiger partial charge >= 0.3 is 0 Å². The Morgan fingerprint density at radius 3 is 2.46 bits per heavy atom. The molecule has 1 amide bonds. The average Bonchev–Trinajstić information content (AvgIpc) is 3.30. The molecule has 1 aromatic carbocycles. The third-order valence-electron chi connectivity index (χ3n) is 4.27. The fourth-order valence-corrected chi connectivity index (χ4v) is 3.57. The van der Waals surface area contributed by atoms with Crippen molar-refractivity contribution in [1.29, 1.82) is 0 Å². The van der Waals surface area contributed by atoms with E-state index in [1.165, 1.54) is 22.5 Å². The zero-order chi connectivity index (χ0) is 18.4. The number of carbonyl (C=O) groups is 1. The summed E-state index contributed by atoms with van der Waals surface area (Å²) >= 11 is 1.53. The quantitative estimate of drug-likeness (QED) is 0.607. The Labute approximate surface area is 158 Å². The first-order chi connectivity index (χ1) is 12.7. The molecule has 0 aliphatic heterocycles. The zero-order valence-electron chi connectivity index (χ0n) is 15.2. The van der Waals surface area contributed by atoms with Gasteiger partial charge in [-0.05, 0) is 29.7 Å². The molecule has 2 aromatic heterocycles. The molecule has 3 aromatic rings. The minimum atomic E-state index is -0.0346. The topological polar surface area (TPSA) is 55.1 Å². The Kier molecular flexibility index (Phi) is 6.23. The summed E-state index contributed by atoms with van der Waals surface area (Å²) in [5, 5.41) is 3.54. The van der Waals surface area contributed by atoms with Crippen LogP contribution in [0, 0.1) is 0 Å². The molecule has 0 aliphatic carbocycles. The summed E-state index contributed by atoms with van der Waals surface area (Å²) in [6.45, 7) is 4.20. The molecule has 0 radical (unpaired) electrons. The molecular weight excluding hydrogens is 344 g/mol. The van der Waals surface area contributed by atoms with E-state index in [4.69, 9.17) is 4.42 Å². The second-order valence-electron chi connectivity index (χ2n) is 6.25. The van der Waals surface area contributed by atoms with E-state index in [1.807, 2.05) is 25.3 Å². The summed E-state index contributed by atoms with van der Waals surface area (Å²) in [4.78, 5) is 17.6. The van der Waals surface area contributed by atoms with Crippen LogP contribution in [0.5, 0.6) is 0 Å². The number of hydrogen-bond acceptors (Lipinski definition) is 4. The van der Waals surface area contributed by atoms with Gasteiger partial charge in [0.1, 0.15) is 11.5 Å². The monoisotopic (exact) mass is 368 g/mol. The second kappa shape index (κ2) is 8.81. The van der Waals surface area contributed by atoms with Crippen molar-refractivity contribution in [2.24, 2.45) is 0 Å². The summed E-state index contributed by atoms with van der Waals surface area (Å²) in [6, 6.07) is 12.6. The average molecular weight is 369 g/mol. The first kappa shape index (κ1) is 18.4. The van der Waals surface area contributed by atoms with Crippen LogP contribution in [0.2, 0.25) is 0 Å². The summed E-state index contributed by atoms with van der Waals surface area (Å²) in [7, 11) is 0. The zero-order valence-corrected chi connectivity index (χ0v) is 16.1. The molecule has 1 N–H and O–H groups in total. The van der Waals surface area contributed by atoms with Gasteiger partial charge in [0.15, 0.2) is 5.13 Å². The number of anilines is 1. The van der Waals surface area contributed by atoms with Crippen LogP contribution < -0.4 is 5.32 Å². The molecule has 2 heterocycles. The third-order valence-corrected chi connectivity index (χ3v) is 5.19. The number of hydrogen-bond donors (Lipinski definition) is 1. The highest BCUT2D eigenvalue weighted by Crippen LogP contribution is 2.22. The van der Waals surface area contributed by atoms with Crippen LogP contribution in [0.4, 0.5) is 5.13 Å². The molecule has 26 heavy (non-hydrogen) atoms. The molecular formula is C21H24N2O2S. The minimum Gasteiger partial charge on any atom is -0.466 e. The highest BCUT2D eigenvalue weighted by Gasteiger charge is 2.09. The predicted molar refractivity (Wildman–Crippen MR) is 106 cm³/mol. The fraction of sp³-hybridized carbons (Fsp3) is 0.333. The van der Waals surface area contributed by atoms with Crippen molar-refractivity contribution in [1.82, 2.24) is 4.98 Å². The molecule has 3 rings (SSSR count). The number of aromatic nitrogens is 1. The maximum absolute atomic E-state index is 12.1. The number of amides is 1. The number of thiazole rings is 1. The van der Waals surface area contributed by atoms with E-state index in [1.54, 1.807) is 0 Å². The SMILES string of the molecule is CCc1ccc(Cc2cnc(NC(=O)CCc3ccc(CC)o3)s2)cc1. The molecule has 0 spiro atoms. The lowest BCUT2D eigenvalue weighted by atomic mass is 10.1. The van der Waals surface area contributed by atoms with Crippen molar-refractivity contribution in [2.45, 2.75) is 46.0 Å². The molecule has 4 nitrogen and oxygen atoms in total. The van der Waals surface area contributed by atoms with Crippen LogP contribution >= 0.6 is 11.3 Å². The molecule has 0 saturated heterocycles. The molecule has 0 bridgehead atoms. The molecule has 0 fully saturated rings. The van der Waals surface area contributed by atoms with E-state index < -0.39 is 0 Å². The van der Waals surface area contributed by atoms with E-state index in [2.05, 4.69) is 41.5 Å². The maximum atomic E-state index is 12.1. The van der Waals surface area contributed by atoms with Gasteiger partial charge in [0.05, 0.1) is 0 Å². The Hall–Kier alpha value is -2.40. The standard InChI is InChI=1S/C21H24N2O2S/c1-3-15-5-7-16(8-6-15)13-19-14-22-21(26-19)23-20(24)12-11-18-10-9-17(4-2)25-18/h5-10,14H,3-4,11-13H2,1-2H3,(H,22,23,24). The molecule has 136 valence electrons. The van der Waals surface area contributed by atoms with Gasteiger partial charge in [-0.1, -0.05) is 38.1 Å². The van der Waals surface area contributed by atoms with Crippen LogP contribution in [-0.4, -0.2) is 10.9 Å². The lowest BCUT2D eigenvalue weighted by molar-refractivity contribution is -0.116. The van der Waals surface area contributed by atoms with Gasteiger partial charge in [-0.2, -0.15) is 0 Å². The van der Waals surface area contributed by atoms with Crippen molar-refractivity contribution in [3.05, 3.63) is 70.1 Å². The van der Waals surface area contributed by atoms with Crippen molar-refractivity contribution < 1.29 is 9.21 Å². The largest absolute Gasteiger partial charge is 0.466 e. The van der Waals surface area contributed by atoms with Crippen molar-refractivity contribution in [3.8, 4) is 0 Å². The highest BCUT2D eigenvalue weighted by atomic mass is 32.1. The van der Waals surface area contributed by atoms with Gasteiger partial charge < -0.3 is 9.73 Å². The van der Waals surface area contributed by atoms with Gasteiger partial charge in [-0.3, -0.25) is 4.79 Å². The van der Waals surface area contributed by atoms with Gasteiger partial charge in [0.25, 0.3) is 0 Å². The Morgan fingerprint density at radius 2 is 1.77 bits per heavy atom. The van der Waals surface area contributed by atoms with Gasteiger partial charge in [-0.15, -0.1) is 11.3 Å². The van der Waals surface area contributed by atoms with Gasteiger partial charge in [0.2, 0.25) is 5.91 Å². The summed E-state index contributed by atoms with van der Waals surface area (Å²) in [5.74, 6) is 1.77. The summed E-state index contributed by atoms with van der Waals surface area (Å²) < 4.78 is 5.63. The number of nitrogens with one attached hydrogen (secondary N) is 1. The van der Waals surface area contributed by atoms with Crippen molar-refractivity contribution >= 4 is 22.4 Å². The van der Waals surface area contributed by atoms with Crippen LogP contribution in [0.1, 0.15) is 47.8 Å². The van der Waals surface area contributed by atoms with E-state index >= 15 is 0 Å². The van der Waals surface area contributed by atoms with Crippen LogP contribution in [0.3, 0.4) is 0 Å². The second-order valence-corrected chi connectivity index (χ2v) is 7.36. The van der Waals surface area contributed by atoms with Crippen LogP contribution in [0.15, 0.2) is 47.0 Å². The van der Waals surface area contributed by atoms with Gasteiger partial charge in [0, 0.05) is 36.8 Å². The third kappa shape index (κ3) is 5.05. The van der Waals surface area contributed by atoms with E-state index in [9.17, 15) is 4.79 Å². The highest BCUT2D eigenvalue weighted by molar-refractivity contribution is 7.15. The lowest BCUT2D eigenvalue weighted by Gasteiger charge is -2.01. The predicted octanol–water partition coefficient (Wildman–Crippen LogP) is 5.02. The first-order valence-electron chi connectivity index (χ1n) is 9.06. The normalized spacial score (nSPS) is 10.8. The fourth-order valence-electron chi connectivity index (χ4n) is 2.71. The van der Waals surface area contributed by atoms with Crippen molar-refractivity contribution in [2.75, 3.05) is 5.32 Å². The number of benzene rings is 1. The smallest absolute Gasteiger partial charge is 0.226 e. The van der Waals surface area contributed by atoms with Crippen LogP contribution in [-0.2, 0) is 30.5 Å². The molecule has 0 unspecified atom stereocenters. The number of furan rings is 1. The number of aryl methyl sites for hydroxylation is 3. The first-order valence-corrected chi connectivity index (χ1v) is 9.88. The Bertz CT molecular complexity index is 849. The summed E-state index contributed by atoms with van der Waals surface area (Å²) in [6.07, 6.45) is 5.60. The number of nitrogens with zero attached hydrogens (tertiary/aromatic N) is 1. The van der Waals surface area contributed by atoms with E-state index in [0.717, 1.165) is 35.7 Å². The van der Waals surface area contributed by atoms with E-state index in [0.29, 0.717) is 18.0 Å². The van der Waals surface area contributed by atoms with Gasteiger partial charge in [-0.25, -0.2) is 4.98 Å². The van der Waals surface area contributed by atoms with Crippen LogP contribution in [0.25, 0.3) is 0 Å². The molecule has 0 atom stereocenters. The summed E-state index contributed by atoms with van der Waals surface area (Å²) in [5.41, 5.74) is 2.60. The molecule has 0 saturated carbocycles. The molecule has 0 aliphatic rings. The minimum absolute atomic E-state index is 0.0346. The number of carbonyl (C=O) groups excluding carboxylic acids is 1. The Morgan fingerprint density at radius 1 is 1.04 bits per heavy atom. The van der Waals surface area contributed by atoms with Crippen molar-refractivity contribution in [3.63, 3.8) is 0 Å². The maximum Gasteiger partial charge on any atom is 0.226 e. The van der Waals surface area contributed by atoms with E-state index in [-0.39, 0.29) is 5.91 Å². The molecule has 5 heteroatoms. The lowest BCUT2D eigenvalue weighted by Crippen LogP contribution is -2.11.